The average molecular weight is 249 g/mol. The molecule has 3 nitrogen and oxygen atoms in total. The maximum absolute atomic E-state index is 4.52. The zero-order valence-corrected chi connectivity index (χ0v) is 11.9. The summed E-state index contributed by atoms with van der Waals surface area (Å²) in [5.41, 5.74) is 1.17. The minimum atomic E-state index is 0.660. The van der Waals surface area contributed by atoms with E-state index in [-0.39, 0.29) is 0 Å². The second-order valence-corrected chi connectivity index (χ2v) is 5.47. The molecule has 0 aromatic carbocycles. The zero-order chi connectivity index (χ0) is 12.8. The first kappa shape index (κ1) is 13.6. The lowest BCUT2D eigenvalue weighted by atomic mass is 9.83. The van der Waals surface area contributed by atoms with Crippen molar-refractivity contribution >= 4 is 0 Å². The highest BCUT2D eigenvalue weighted by molar-refractivity contribution is 4.98. The summed E-state index contributed by atoms with van der Waals surface area (Å²) in [6.07, 6.45) is 12.6. The molecule has 1 N–H and O–H groups in total. The third kappa shape index (κ3) is 3.35. The summed E-state index contributed by atoms with van der Waals surface area (Å²) in [5.74, 6) is 0.866. The Morgan fingerprint density at radius 3 is 2.78 bits per heavy atom. The van der Waals surface area contributed by atoms with Gasteiger partial charge in [-0.3, -0.25) is 0 Å². The van der Waals surface area contributed by atoms with Crippen LogP contribution in [0.15, 0.2) is 12.5 Å². The molecule has 1 aromatic heterocycles. The fourth-order valence-electron chi connectivity index (χ4n) is 3.21. The van der Waals surface area contributed by atoms with Crippen LogP contribution in [0.4, 0.5) is 0 Å². The first-order valence-electron chi connectivity index (χ1n) is 7.58. The van der Waals surface area contributed by atoms with E-state index in [1.807, 2.05) is 6.33 Å². The van der Waals surface area contributed by atoms with Crippen LogP contribution in [-0.2, 0) is 6.54 Å². The van der Waals surface area contributed by atoms with Crippen molar-refractivity contribution < 1.29 is 0 Å². The Morgan fingerprint density at radius 2 is 2.11 bits per heavy atom. The molecular weight excluding hydrogens is 222 g/mol. The lowest BCUT2D eigenvalue weighted by Crippen LogP contribution is -2.20. The average Bonchev–Trinajstić information content (AvgIpc) is 2.87. The molecule has 1 aromatic rings. The van der Waals surface area contributed by atoms with Gasteiger partial charge in [0.25, 0.3) is 0 Å². The highest BCUT2D eigenvalue weighted by atomic mass is 15.1. The predicted molar refractivity (Wildman–Crippen MR) is 75.5 cm³/mol. The van der Waals surface area contributed by atoms with Crippen molar-refractivity contribution in [3.63, 3.8) is 0 Å². The Balaban J connectivity index is 1.99. The fourth-order valence-corrected chi connectivity index (χ4v) is 3.21. The van der Waals surface area contributed by atoms with Crippen molar-refractivity contribution in [1.82, 2.24) is 14.9 Å². The molecule has 1 fully saturated rings. The van der Waals surface area contributed by atoms with Crippen LogP contribution in [0.5, 0.6) is 0 Å². The molecule has 1 aliphatic rings. The molecule has 1 aliphatic carbocycles. The van der Waals surface area contributed by atoms with Crippen LogP contribution in [0.1, 0.15) is 64.1 Å². The molecule has 1 saturated carbocycles. The van der Waals surface area contributed by atoms with E-state index in [1.165, 1.54) is 44.2 Å². The molecule has 1 unspecified atom stereocenters. The van der Waals surface area contributed by atoms with Crippen LogP contribution in [-0.4, -0.2) is 16.1 Å². The van der Waals surface area contributed by atoms with Crippen molar-refractivity contribution in [3.8, 4) is 0 Å². The topological polar surface area (TPSA) is 29.9 Å². The van der Waals surface area contributed by atoms with Crippen LogP contribution >= 0.6 is 0 Å². The van der Waals surface area contributed by atoms with Gasteiger partial charge in [-0.15, -0.1) is 0 Å². The van der Waals surface area contributed by atoms with E-state index in [4.69, 9.17) is 0 Å². The molecule has 3 heteroatoms. The van der Waals surface area contributed by atoms with Gasteiger partial charge >= 0.3 is 0 Å². The molecule has 1 heterocycles. The minimum absolute atomic E-state index is 0.660. The normalized spacial score (nSPS) is 19.0. The highest BCUT2D eigenvalue weighted by Gasteiger charge is 2.23. The van der Waals surface area contributed by atoms with Crippen LogP contribution in [0.25, 0.3) is 0 Å². The quantitative estimate of drug-likeness (QED) is 0.836. The first-order valence-corrected chi connectivity index (χ1v) is 7.58. The van der Waals surface area contributed by atoms with Gasteiger partial charge in [0, 0.05) is 18.8 Å². The summed E-state index contributed by atoms with van der Waals surface area (Å²) in [6, 6.07) is 0.660. The van der Waals surface area contributed by atoms with Gasteiger partial charge in [0.05, 0.1) is 12.0 Å². The van der Waals surface area contributed by atoms with Crippen LogP contribution in [0, 0.1) is 5.92 Å². The van der Waals surface area contributed by atoms with Gasteiger partial charge in [0.15, 0.2) is 0 Å². The second kappa shape index (κ2) is 6.93. The van der Waals surface area contributed by atoms with Crippen LogP contribution < -0.4 is 5.32 Å². The summed E-state index contributed by atoms with van der Waals surface area (Å²) in [5, 5.41) is 3.34. The van der Waals surface area contributed by atoms with Crippen molar-refractivity contribution in [1.29, 1.82) is 0 Å². The Kier molecular flexibility index (Phi) is 5.24. The van der Waals surface area contributed by atoms with E-state index in [9.17, 15) is 0 Å². The van der Waals surface area contributed by atoms with Gasteiger partial charge in [-0.25, -0.2) is 4.98 Å². The molecule has 18 heavy (non-hydrogen) atoms. The number of imidazole rings is 1. The van der Waals surface area contributed by atoms with Gasteiger partial charge in [-0.05, 0) is 31.7 Å². The second-order valence-electron chi connectivity index (χ2n) is 5.47. The minimum Gasteiger partial charge on any atom is -0.334 e. The molecule has 0 spiro atoms. The lowest BCUT2D eigenvalue weighted by Gasteiger charge is -2.30. The molecular formula is C15H27N3. The smallest absolute Gasteiger partial charge is 0.0952 e. The van der Waals surface area contributed by atoms with Gasteiger partial charge in [0.1, 0.15) is 0 Å². The maximum Gasteiger partial charge on any atom is 0.0952 e. The van der Waals surface area contributed by atoms with Crippen molar-refractivity contribution in [2.75, 3.05) is 6.54 Å². The molecule has 1 atom stereocenters. The Morgan fingerprint density at radius 1 is 1.33 bits per heavy atom. The third-order valence-corrected chi connectivity index (χ3v) is 4.21. The monoisotopic (exact) mass is 249 g/mol. The lowest BCUT2D eigenvalue weighted by molar-refractivity contribution is 0.242. The highest BCUT2D eigenvalue weighted by Crippen LogP contribution is 2.34. The van der Waals surface area contributed by atoms with E-state index in [2.05, 4.69) is 34.9 Å². The van der Waals surface area contributed by atoms with E-state index < -0.39 is 0 Å². The van der Waals surface area contributed by atoms with Gasteiger partial charge in [0.2, 0.25) is 0 Å². The SMILES string of the molecule is CCNCc1cn(C(CC)C2CCCCC2)cn1. The fraction of sp³-hybridized carbons (Fsp3) is 0.800. The third-order valence-electron chi connectivity index (χ3n) is 4.21. The Bertz CT molecular complexity index is 339. The van der Waals surface area contributed by atoms with E-state index >= 15 is 0 Å². The molecule has 0 saturated heterocycles. The first-order chi connectivity index (χ1) is 8.85. The molecule has 0 bridgehead atoms. The summed E-state index contributed by atoms with van der Waals surface area (Å²) in [6.45, 7) is 6.34. The Labute approximate surface area is 111 Å². The van der Waals surface area contributed by atoms with E-state index in [0.29, 0.717) is 6.04 Å². The van der Waals surface area contributed by atoms with Gasteiger partial charge < -0.3 is 9.88 Å². The number of rotatable bonds is 6. The largest absolute Gasteiger partial charge is 0.334 e. The summed E-state index contributed by atoms with van der Waals surface area (Å²) < 4.78 is 2.36. The van der Waals surface area contributed by atoms with Crippen molar-refractivity contribution in [3.05, 3.63) is 18.2 Å². The molecule has 0 radical (unpaired) electrons. The standard InChI is InChI=1S/C15H27N3/c1-3-15(13-8-6-5-7-9-13)18-11-14(17-12-18)10-16-4-2/h11-13,15-16H,3-10H2,1-2H3. The molecule has 0 aliphatic heterocycles. The molecule has 102 valence electrons. The molecule has 2 rings (SSSR count). The van der Waals surface area contributed by atoms with Gasteiger partial charge in [-0.1, -0.05) is 33.1 Å². The van der Waals surface area contributed by atoms with Gasteiger partial charge in [-0.2, -0.15) is 0 Å². The number of nitrogens with zero attached hydrogens (tertiary/aromatic N) is 2. The maximum atomic E-state index is 4.52. The van der Waals surface area contributed by atoms with Crippen molar-refractivity contribution in [2.45, 2.75) is 65.0 Å². The van der Waals surface area contributed by atoms with Crippen LogP contribution in [0.2, 0.25) is 0 Å². The zero-order valence-electron chi connectivity index (χ0n) is 11.9. The predicted octanol–water partition coefficient (Wildman–Crippen LogP) is 3.52. The molecule has 0 amide bonds. The summed E-state index contributed by atoms with van der Waals surface area (Å²) in [7, 11) is 0. The summed E-state index contributed by atoms with van der Waals surface area (Å²) >= 11 is 0. The van der Waals surface area contributed by atoms with Crippen LogP contribution in [0.3, 0.4) is 0 Å². The number of hydrogen-bond acceptors (Lipinski definition) is 2. The van der Waals surface area contributed by atoms with Crippen molar-refractivity contribution in [2.24, 2.45) is 5.92 Å². The summed E-state index contributed by atoms with van der Waals surface area (Å²) in [4.78, 5) is 4.52. The van der Waals surface area contributed by atoms with E-state index in [0.717, 1.165) is 19.0 Å². The number of hydrogen-bond donors (Lipinski definition) is 1. The number of aromatic nitrogens is 2. The Hall–Kier alpha value is -0.830. The number of nitrogens with one attached hydrogen (secondary N) is 1. The van der Waals surface area contributed by atoms with E-state index in [1.54, 1.807) is 0 Å².